The molecule has 2 amide bonds. The highest BCUT2D eigenvalue weighted by Gasteiger charge is 2.16. The smallest absolute Gasteiger partial charge is 0.412 e. The van der Waals surface area contributed by atoms with Crippen molar-refractivity contribution in [1.29, 1.82) is 0 Å². The average Bonchev–Trinajstić information content (AvgIpc) is 2.70. The Bertz CT molecular complexity index is 1090. The van der Waals surface area contributed by atoms with Crippen molar-refractivity contribution in [1.82, 2.24) is 15.3 Å². The molecule has 1 heterocycles. The number of aromatic nitrogens is 2. The molecule has 8 heteroatoms. The van der Waals surface area contributed by atoms with Crippen LogP contribution in [0.4, 0.5) is 10.5 Å². The van der Waals surface area contributed by atoms with E-state index in [9.17, 15) is 9.59 Å². The van der Waals surface area contributed by atoms with Crippen LogP contribution in [0, 0.1) is 6.92 Å². The SMILES string of the molecule is Cc1nc(Cl)cc(CNC(=O)c2ccc(-c3ccc(NC(=O)OC(C)(C)C)cc3)cc2)n1. The molecule has 3 rings (SSSR count). The molecule has 0 bridgehead atoms. The molecule has 0 radical (unpaired) electrons. The highest BCUT2D eigenvalue weighted by molar-refractivity contribution is 6.29. The second-order valence-corrected chi connectivity index (χ2v) is 8.58. The van der Waals surface area contributed by atoms with E-state index in [0.717, 1.165) is 11.1 Å². The van der Waals surface area contributed by atoms with Crippen LogP contribution in [-0.2, 0) is 11.3 Å². The van der Waals surface area contributed by atoms with Crippen LogP contribution in [0.25, 0.3) is 11.1 Å². The van der Waals surface area contributed by atoms with Gasteiger partial charge in [0.25, 0.3) is 5.91 Å². The normalized spacial score (nSPS) is 11.0. The van der Waals surface area contributed by atoms with Crippen LogP contribution < -0.4 is 10.6 Å². The Morgan fingerprint density at radius 3 is 2.12 bits per heavy atom. The highest BCUT2D eigenvalue weighted by Crippen LogP contribution is 2.22. The lowest BCUT2D eigenvalue weighted by Gasteiger charge is -2.19. The molecular formula is C24H25ClN4O3. The van der Waals surface area contributed by atoms with Crippen LogP contribution >= 0.6 is 11.6 Å². The lowest BCUT2D eigenvalue weighted by molar-refractivity contribution is 0.0635. The lowest BCUT2D eigenvalue weighted by atomic mass is 10.0. The summed E-state index contributed by atoms with van der Waals surface area (Å²) in [6.07, 6.45) is -0.500. The predicted octanol–water partition coefficient (Wildman–Crippen LogP) is 5.38. The molecule has 0 unspecified atom stereocenters. The van der Waals surface area contributed by atoms with Gasteiger partial charge >= 0.3 is 6.09 Å². The summed E-state index contributed by atoms with van der Waals surface area (Å²) in [5.41, 5.74) is 3.17. The van der Waals surface area contributed by atoms with E-state index in [-0.39, 0.29) is 12.5 Å². The summed E-state index contributed by atoms with van der Waals surface area (Å²) in [4.78, 5) is 32.6. The van der Waals surface area contributed by atoms with Crippen molar-refractivity contribution >= 4 is 29.3 Å². The molecule has 166 valence electrons. The van der Waals surface area contributed by atoms with E-state index in [0.29, 0.717) is 27.9 Å². The summed E-state index contributed by atoms with van der Waals surface area (Å²) in [5, 5.41) is 5.88. The van der Waals surface area contributed by atoms with Crippen LogP contribution in [0.15, 0.2) is 54.6 Å². The summed E-state index contributed by atoms with van der Waals surface area (Å²) in [6, 6.07) is 16.3. The van der Waals surface area contributed by atoms with Gasteiger partial charge in [-0.2, -0.15) is 0 Å². The number of amides is 2. The number of rotatable bonds is 5. The van der Waals surface area contributed by atoms with Crippen LogP contribution in [0.3, 0.4) is 0 Å². The van der Waals surface area contributed by atoms with Crippen molar-refractivity contribution in [3.63, 3.8) is 0 Å². The Labute approximate surface area is 192 Å². The number of carbonyl (C=O) groups is 2. The van der Waals surface area contributed by atoms with Gasteiger partial charge in [0.05, 0.1) is 12.2 Å². The molecule has 3 aromatic rings. The Morgan fingerprint density at radius 1 is 0.969 bits per heavy atom. The number of hydrogen-bond acceptors (Lipinski definition) is 5. The van der Waals surface area contributed by atoms with Crippen LogP contribution in [0.5, 0.6) is 0 Å². The molecule has 0 aliphatic carbocycles. The fourth-order valence-electron chi connectivity index (χ4n) is 2.93. The van der Waals surface area contributed by atoms with E-state index < -0.39 is 11.7 Å². The number of ether oxygens (including phenoxy) is 1. The van der Waals surface area contributed by atoms with Gasteiger partial charge in [0.1, 0.15) is 16.6 Å². The van der Waals surface area contributed by atoms with Crippen molar-refractivity contribution in [3.05, 3.63) is 76.8 Å². The maximum Gasteiger partial charge on any atom is 0.412 e. The number of carbonyl (C=O) groups excluding carboxylic acids is 2. The zero-order valence-electron chi connectivity index (χ0n) is 18.4. The third kappa shape index (κ3) is 6.78. The summed E-state index contributed by atoms with van der Waals surface area (Å²) in [5.74, 6) is 0.347. The summed E-state index contributed by atoms with van der Waals surface area (Å²) in [7, 11) is 0. The van der Waals surface area contributed by atoms with E-state index >= 15 is 0 Å². The zero-order valence-corrected chi connectivity index (χ0v) is 19.2. The van der Waals surface area contributed by atoms with Gasteiger partial charge < -0.3 is 10.1 Å². The molecule has 0 fully saturated rings. The molecule has 0 aliphatic rings. The quantitative estimate of drug-likeness (QED) is 0.507. The van der Waals surface area contributed by atoms with Crippen LogP contribution in [-0.4, -0.2) is 27.6 Å². The Kier molecular flexibility index (Phi) is 7.10. The Morgan fingerprint density at radius 2 is 1.56 bits per heavy atom. The minimum Gasteiger partial charge on any atom is -0.444 e. The second kappa shape index (κ2) is 9.78. The van der Waals surface area contributed by atoms with Gasteiger partial charge in [-0.05, 0) is 69.2 Å². The fourth-order valence-corrected chi connectivity index (χ4v) is 3.18. The minimum absolute atomic E-state index is 0.208. The number of aryl methyl sites for hydroxylation is 1. The topological polar surface area (TPSA) is 93.2 Å². The van der Waals surface area contributed by atoms with E-state index in [1.807, 2.05) is 45.0 Å². The highest BCUT2D eigenvalue weighted by atomic mass is 35.5. The third-order valence-electron chi connectivity index (χ3n) is 4.30. The largest absolute Gasteiger partial charge is 0.444 e. The van der Waals surface area contributed by atoms with Crippen molar-refractivity contribution in [2.75, 3.05) is 5.32 Å². The second-order valence-electron chi connectivity index (χ2n) is 8.19. The monoisotopic (exact) mass is 452 g/mol. The summed E-state index contributed by atoms with van der Waals surface area (Å²) in [6.45, 7) is 7.44. The van der Waals surface area contributed by atoms with Crippen LogP contribution in [0.1, 0.15) is 42.6 Å². The number of nitrogens with zero attached hydrogens (tertiary/aromatic N) is 2. The number of nitrogens with one attached hydrogen (secondary N) is 2. The maximum absolute atomic E-state index is 12.4. The molecule has 2 N–H and O–H groups in total. The first kappa shape index (κ1) is 23.2. The van der Waals surface area contributed by atoms with Gasteiger partial charge in [-0.1, -0.05) is 35.9 Å². The van der Waals surface area contributed by atoms with E-state index in [2.05, 4.69) is 20.6 Å². The van der Waals surface area contributed by atoms with Crippen LogP contribution in [0.2, 0.25) is 5.15 Å². The molecule has 1 aromatic heterocycles. The average molecular weight is 453 g/mol. The van der Waals surface area contributed by atoms with Gasteiger partial charge in [-0.3, -0.25) is 10.1 Å². The zero-order chi connectivity index (χ0) is 23.3. The number of halogens is 1. The molecule has 0 aliphatic heterocycles. The Balaban J connectivity index is 1.60. The molecule has 0 saturated carbocycles. The van der Waals surface area contributed by atoms with Gasteiger partial charge in [-0.25, -0.2) is 14.8 Å². The van der Waals surface area contributed by atoms with Gasteiger partial charge in [0, 0.05) is 11.3 Å². The third-order valence-corrected chi connectivity index (χ3v) is 4.49. The van der Waals surface area contributed by atoms with E-state index in [1.165, 1.54) is 0 Å². The van der Waals surface area contributed by atoms with Crippen molar-refractivity contribution in [2.45, 2.75) is 39.8 Å². The molecule has 0 atom stereocenters. The first-order chi connectivity index (χ1) is 15.1. The standard InChI is InChI=1S/C24H25ClN4O3/c1-15-27-20(13-21(25)28-15)14-26-22(30)18-7-5-16(6-8-18)17-9-11-19(12-10-17)29-23(31)32-24(2,3)4/h5-13H,14H2,1-4H3,(H,26,30)(H,29,31). The van der Waals surface area contributed by atoms with Crippen molar-refractivity contribution in [2.24, 2.45) is 0 Å². The van der Waals surface area contributed by atoms with E-state index in [4.69, 9.17) is 16.3 Å². The van der Waals surface area contributed by atoms with Crippen molar-refractivity contribution < 1.29 is 14.3 Å². The number of anilines is 1. The van der Waals surface area contributed by atoms with Crippen molar-refractivity contribution in [3.8, 4) is 11.1 Å². The summed E-state index contributed by atoms with van der Waals surface area (Å²) < 4.78 is 5.25. The molecule has 32 heavy (non-hydrogen) atoms. The fraction of sp³-hybridized carbons (Fsp3) is 0.250. The summed E-state index contributed by atoms with van der Waals surface area (Å²) >= 11 is 5.93. The molecule has 2 aromatic carbocycles. The Hall–Kier alpha value is -3.45. The maximum atomic E-state index is 12.4. The molecule has 7 nitrogen and oxygen atoms in total. The number of hydrogen-bond donors (Lipinski definition) is 2. The van der Waals surface area contributed by atoms with Gasteiger partial charge in [-0.15, -0.1) is 0 Å². The molecule has 0 spiro atoms. The van der Waals surface area contributed by atoms with Gasteiger partial charge in [0.2, 0.25) is 0 Å². The lowest BCUT2D eigenvalue weighted by Crippen LogP contribution is -2.27. The number of benzene rings is 2. The first-order valence-electron chi connectivity index (χ1n) is 10.1. The van der Waals surface area contributed by atoms with Gasteiger partial charge in [0.15, 0.2) is 0 Å². The predicted molar refractivity (Wildman–Crippen MR) is 125 cm³/mol. The minimum atomic E-state index is -0.557. The first-order valence-corrected chi connectivity index (χ1v) is 10.5. The van der Waals surface area contributed by atoms with E-state index in [1.54, 1.807) is 37.3 Å². The molecule has 0 saturated heterocycles. The molecular weight excluding hydrogens is 428 g/mol.